The number of pyridine rings is 1. The second-order valence-corrected chi connectivity index (χ2v) is 7.36. The molecule has 1 N–H and O–H groups in total. The minimum atomic E-state index is 0.00932. The number of anilines is 1. The van der Waals surface area contributed by atoms with Crippen LogP contribution in [0.2, 0.25) is 5.02 Å². The lowest BCUT2D eigenvalue weighted by Gasteiger charge is -2.05. The van der Waals surface area contributed by atoms with E-state index < -0.39 is 0 Å². The van der Waals surface area contributed by atoms with Gasteiger partial charge in [-0.25, -0.2) is 4.98 Å². The van der Waals surface area contributed by atoms with Crippen LogP contribution >= 0.6 is 23.4 Å². The number of hydrogen-bond acceptors (Lipinski definition) is 5. The van der Waals surface area contributed by atoms with E-state index in [-0.39, 0.29) is 5.91 Å². The highest BCUT2D eigenvalue weighted by Gasteiger charge is 2.22. The Morgan fingerprint density at radius 1 is 1.38 bits per heavy atom. The summed E-state index contributed by atoms with van der Waals surface area (Å²) in [6.07, 6.45) is 3.98. The van der Waals surface area contributed by atoms with Crippen LogP contribution in [0.4, 0.5) is 5.69 Å². The van der Waals surface area contributed by atoms with E-state index in [4.69, 9.17) is 16.0 Å². The van der Waals surface area contributed by atoms with Crippen molar-refractivity contribution in [1.29, 1.82) is 0 Å². The molecule has 122 valence electrons. The molecule has 1 amide bonds. The number of hydrogen-bond donors (Lipinski definition) is 1. The Balaban J connectivity index is 1.53. The lowest BCUT2D eigenvalue weighted by Crippen LogP contribution is -2.14. The van der Waals surface area contributed by atoms with Crippen LogP contribution in [0, 0.1) is 0 Å². The van der Waals surface area contributed by atoms with Crippen molar-refractivity contribution in [1.82, 2.24) is 9.97 Å². The van der Waals surface area contributed by atoms with Crippen LogP contribution in [0.1, 0.15) is 12.8 Å². The topological polar surface area (TPSA) is 68.0 Å². The zero-order chi connectivity index (χ0) is 16.5. The number of thioether (sulfide) groups is 1. The van der Waals surface area contributed by atoms with Crippen LogP contribution in [-0.4, -0.2) is 26.9 Å². The smallest absolute Gasteiger partial charge is 0.234 e. The van der Waals surface area contributed by atoms with Gasteiger partial charge in [0, 0.05) is 28.8 Å². The summed E-state index contributed by atoms with van der Waals surface area (Å²) >= 11 is 7.62. The summed E-state index contributed by atoms with van der Waals surface area (Å²) in [7, 11) is 0. The molecule has 0 bridgehead atoms. The van der Waals surface area contributed by atoms with Gasteiger partial charge in [0.15, 0.2) is 11.2 Å². The van der Waals surface area contributed by atoms with Gasteiger partial charge in [0.05, 0.1) is 10.8 Å². The number of carbonyl (C=O) groups is 1. The van der Waals surface area contributed by atoms with E-state index in [1.54, 1.807) is 17.8 Å². The molecule has 5 nitrogen and oxygen atoms in total. The lowest BCUT2D eigenvalue weighted by molar-refractivity contribution is -0.113. The van der Waals surface area contributed by atoms with E-state index in [2.05, 4.69) is 15.3 Å². The van der Waals surface area contributed by atoms with Gasteiger partial charge in [0.1, 0.15) is 0 Å². The number of aromatic nitrogens is 2. The molecule has 4 rings (SSSR count). The Bertz CT molecular complexity index is 908. The first-order valence-electron chi connectivity index (χ1n) is 7.61. The van der Waals surface area contributed by atoms with E-state index in [1.807, 2.05) is 24.3 Å². The van der Waals surface area contributed by atoms with Gasteiger partial charge in [0.25, 0.3) is 0 Å². The molecule has 0 saturated heterocycles. The second-order valence-electron chi connectivity index (χ2n) is 5.63. The van der Waals surface area contributed by atoms with Crippen LogP contribution in [0.25, 0.3) is 22.7 Å². The predicted octanol–water partition coefficient (Wildman–Crippen LogP) is 4.38. The molecule has 1 aromatic carbocycles. The Labute approximate surface area is 147 Å². The van der Waals surface area contributed by atoms with Crippen molar-refractivity contribution >= 4 is 46.2 Å². The molecule has 0 atom stereocenters. The maximum atomic E-state index is 12.0. The van der Waals surface area contributed by atoms with Gasteiger partial charge < -0.3 is 9.73 Å². The quantitative estimate of drug-likeness (QED) is 0.732. The Morgan fingerprint density at radius 2 is 2.25 bits per heavy atom. The van der Waals surface area contributed by atoms with Crippen LogP contribution in [0.3, 0.4) is 0 Å². The van der Waals surface area contributed by atoms with Gasteiger partial charge in [-0.15, -0.1) is 11.8 Å². The molecule has 0 radical (unpaired) electrons. The summed E-state index contributed by atoms with van der Waals surface area (Å²) in [5.41, 5.74) is 2.54. The number of rotatable bonds is 5. The third kappa shape index (κ3) is 3.55. The molecule has 1 aliphatic carbocycles. The lowest BCUT2D eigenvalue weighted by atomic mass is 10.2. The summed E-state index contributed by atoms with van der Waals surface area (Å²) in [4.78, 5) is 20.5. The third-order valence-corrected chi connectivity index (χ3v) is 5.16. The molecule has 2 heterocycles. The molecule has 0 spiro atoms. The molecule has 0 unspecified atom stereocenters. The van der Waals surface area contributed by atoms with Crippen molar-refractivity contribution in [3.63, 3.8) is 0 Å². The molecule has 24 heavy (non-hydrogen) atoms. The van der Waals surface area contributed by atoms with E-state index >= 15 is 0 Å². The third-order valence-electron chi connectivity index (χ3n) is 3.58. The molecular formula is C17H14ClN3O2S. The van der Waals surface area contributed by atoms with Gasteiger partial charge in [-0.05, 0) is 31.0 Å². The van der Waals surface area contributed by atoms with Crippen LogP contribution in [-0.2, 0) is 4.79 Å². The first-order valence-corrected chi connectivity index (χ1v) is 9.04. The van der Waals surface area contributed by atoms with Crippen molar-refractivity contribution in [3.8, 4) is 11.5 Å². The molecule has 1 aliphatic rings. The van der Waals surface area contributed by atoms with Crippen LogP contribution in [0.5, 0.6) is 0 Å². The predicted molar refractivity (Wildman–Crippen MR) is 96.4 cm³/mol. The number of benzene rings is 1. The van der Waals surface area contributed by atoms with E-state index in [9.17, 15) is 4.79 Å². The largest absolute Gasteiger partial charge is 0.434 e. The Morgan fingerprint density at radius 3 is 3.08 bits per heavy atom. The Hall–Kier alpha value is -2.05. The molecule has 0 aliphatic heterocycles. The van der Waals surface area contributed by atoms with Crippen LogP contribution < -0.4 is 5.32 Å². The minimum Gasteiger partial charge on any atom is -0.434 e. The van der Waals surface area contributed by atoms with Gasteiger partial charge in [0.2, 0.25) is 11.8 Å². The monoisotopic (exact) mass is 359 g/mol. The van der Waals surface area contributed by atoms with Crippen molar-refractivity contribution in [2.45, 2.75) is 18.1 Å². The molecule has 1 saturated carbocycles. The van der Waals surface area contributed by atoms with Gasteiger partial charge >= 0.3 is 0 Å². The molecular weight excluding hydrogens is 346 g/mol. The van der Waals surface area contributed by atoms with Gasteiger partial charge in [-0.2, -0.15) is 4.98 Å². The van der Waals surface area contributed by atoms with Gasteiger partial charge in [-0.3, -0.25) is 4.79 Å². The standard InChI is InChI=1S/C17H14ClN3O2S/c18-11-7-14-16(19-8-11)21-17(23-14)10-2-1-3-12(6-10)20-15(22)9-24-13-4-5-13/h1-3,6-8,13H,4-5,9H2,(H,20,22). The fourth-order valence-electron chi connectivity index (χ4n) is 2.27. The highest BCUT2D eigenvalue weighted by Crippen LogP contribution is 2.34. The molecule has 2 aromatic heterocycles. The SMILES string of the molecule is O=C(CSC1CC1)Nc1cccc(-c2nc3ncc(Cl)cc3o2)c1. The summed E-state index contributed by atoms with van der Waals surface area (Å²) in [5.74, 6) is 0.943. The zero-order valence-electron chi connectivity index (χ0n) is 12.7. The summed E-state index contributed by atoms with van der Waals surface area (Å²) in [5, 5.41) is 4.08. The number of nitrogens with zero attached hydrogens (tertiary/aromatic N) is 2. The average molecular weight is 360 g/mol. The summed E-state index contributed by atoms with van der Waals surface area (Å²) in [6, 6.07) is 9.10. The average Bonchev–Trinajstić information content (AvgIpc) is 3.31. The number of carbonyl (C=O) groups excluding carboxylic acids is 1. The second kappa shape index (κ2) is 6.45. The summed E-state index contributed by atoms with van der Waals surface area (Å²) in [6.45, 7) is 0. The maximum Gasteiger partial charge on any atom is 0.234 e. The van der Waals surface area contributed by atoms with E-state index in [1.165, 1.54) is 19.0 Å². The zero-order valence-corrected chi connectivity index (χ0v) is 14.2. The van der Waals surface area contributed by atoms with E-state index in [0.717, 1.165) is 11.3 Å². The van der Waals surface area contributed by atoms with Crippen molar-refractivity contribution in [2.75, 3.05) is 11.1 Å². The number of oxazole rings is 1. The first-order chi connectivity index (χ1) is 11.7. The summed E-state index contributed by atoms with van der Waals surface area (Å²) < 4.78 is 5.71. The molecule has 7 heteroatoms. The van der Waals surface area contributed by atoms with E-state index in [0.29, 0.717) is 33.1 Å². The van der Waals surface area contributed by atoms with Crippen molar-refractivity contribution in [2.24, 2.45) is 0 Å². The number of amides is 1. The highest BCUT2D eigenvalue weighted by molar-refractivity contribution is 8.00. The van der Waals surface area contributed by atoms with Crippen molar-refractivity contribution in [3.05, 3.63) is 41.6 Å². The minimum absolute atomic E-state index is 0.00932. The Kier molecular flexibility index (Phi) is 4.16. The highest BCUT2D eigenvalue weighted by atomic mass is 35.5. The van der Waals surface area contributed by atoms with Gasteiger partial charge in [-0.1, -0.05) is 17.7 Å². The fourth-order valence-corrected chi connectivity index (χ4v) is 3.35. The van der Waals surface area contributed by atoms with Crippen LogP contribution in [0.15, 0.2) is 40.9 Å². The number of nitrogens with one attached hydrogen (secondary N) is 1. The molecule has 3 aromatic rings. The first kappa shape index (κ1) is 15.5. The number of fused-ring (bicyclic) bond motifs is 1. The normalized spacial score (nSPS) is 14.0. The fraction of sp³-hybridized carbons (Fsp3) is 0.235. The number of halogens is 1. The molecule has 1 fully saturated rings. The van der Waals surface area contributed by atoms with Crippen molar-refractivity contribution < 1.29 is 9.21 Å². The maximum absolute atomic E-state index is 12.0.